The van der Waals surface area contributed by atoms with Gasteiger partial charge in [-0.1, -0.05) is 0 Å². The number of hydrogen-bond donors (Lipinski definition) is 1. The van der Waals surface area contributed by atoms with Crippen LogP contribution in [0.25, 0.3) is 0 Å². The normalized spacial score (nSPS) is 12.8. The van der Waals surface area contributed by atoms with Gasteiger partial charge in [0.25, 0.3) is 0 Å². The van der Waals surface area contributed by atoms with Crippen molar-refractivity contribution in [1.29, 1.82) is 0 Å². The van der Waals surface area contributed by atoms with Crippen molar-refractivity contribution in [3.05, 3.63) is 0 Å². The van der Waals surface area contributed by atoms with Crippen LogP contribution in [0.4, 0.5) is 0 Å². The van der Waals surface area contributed by atoms with Crippen LogP contribution in [0, 0.1) is 0 Å². The zero-order valence-electron chi connectivity index (χ0n) is 13.0. The molecule has 0 aliphatic heterocycles. The molecule has 2 amide bonds. The quantitative estimate of drug-likeness (QED) is 0.542. The van der Waals surface area contributed by atoms with Crippen molar-refractivity contribution in [1.82, 2.24) is 9.80 Å². The highest BCUT2D eigenvalue weighted by atomic mass is 32.2. The first-order valence-corrected chi connectivity index (χ1v) is 8.55. The van der Waals surface area contributed by atoms with Crippen molar-refractivity contribution in [2.75, 3.05) is 52.9 Å². The lowest BCUT2D eigenvalue weighted by molar-refractivity contribution is -0.140. The van der Waals surface area contributed by atoms with E-state index in [2.05, 4.69) is 0 Å². The van der Waals surface area contributed by atoms with Gasteiger partial charge in [-0.05, 0) is 6.42 Å². The molecule has 21 heavy (non-hydrogen) atoms. The van der Waals surface area contributed by atoms with E-state index in [-0.39, 0.29) is 37.8 Å². The molecule has 0 aromatic heterocycles. The summed E-state index contributed by atoms with van der Waals surface area (Å²) in [6.07, 6.45) is 1.11. The standard InChI is InChI=1S/C12H25N3O5S/c1-14(2)11(16)9-15(6-7-20-3)12(17)10(13)5-8-21(4,18)19/h10H,5-9,13H2,1-4H3. The molecule has 0 aromatic carbocycles. The number of likely N-dealkylation sites (N-methyl/N-ethyl adjacent to an activating group) is 1. The number of carbonyl (C=O) groups is 2. The molecule has 0 aliphatic rings. The van der Waals surface area contributed by atoms with Crippen molar-refractivity contribution in [2.45, 2.75) is 12.5 Å². The number of methoxy groups -OCH3 is 1. The molecule has 1 unspecified atom stereocenters. The Labute approximate surface area is 126 Å². The van der Waals surface area contributed by atoms with Crippen LogP contribution in [0.1, 0.15) is 6.42 Å². The molecule has 0 bridgehead atoms. The minimum atomic E-state index is -3.18. The molecule has 0 radical (unpaired) electrons. The van der Waals surface area contributed by atoms with Gasteiger partial charge in [-0.25, -0.2) is 8.42 Å². The first-order valence-electron chi connectivity index (χ1n) is 6.49. The molecule has 0 spiro atoms. The van der Waals surface area contributed by atoms with Crippen LogP contribution < -0.4 is 5.73 Å². The Hall–Kier alpha value is -1.19. The van der Waals surface area contributed by atoms with Crippen LogP contribution in [0.3, 0.4) is 0 Å². The second-order valence-corrected chi connectivity index (χ2v) is 7.33. The van der Waals surface area contributed by atoms with Crippen LogP contribution in [0.2, 0.25) is 0 Å². The Morgan fingerprint density at radius 2 is 1.86 bits per heavy atom. The monoisotopic (exact) mass is 323 g/mol. The van der Waals surface area contributed by atoms with Crippen molar-refractivity contribution >= 4 is 21.7 Å². The Morgan fingerprint density at radius 1 is 1.29 bits per heavy atom. The van der Waals surface area contributed by atoms with Crippen molar-refractivity contribution in [2.24, 2.45) is 5.73 Å². The lowest BCUT2D eigenvalue weighted by Gasteiger charge is -2.26. The molecule has 124 valence electrons. The number of amides is 2. The smallest absolute Gasteiger partial charge is 0.241 e. The number of rotatable bonds is 9. The van der Waals surface area contributed by atoms with Gasteiger partial charge in [0.1, 0.15) is 9.84 Å². The molecule has 0 heterocycles. The summed E-state index contributed by atoms with van der Waals surface area (Å²) >= 11 is 0. The van der Waals surface area contributed by atoms with Crippen molar-refractivity contribution < 1.29 is 22.7 Å². The molecule has 0 aliphatic carbocycles. The molecule has 0 rings (SSSR count). The third-order valence-corrected chi connectivity index (χ3v) is 3.80. The highest BCUT2D eigenvalue weighted by Gasteiger charge is 2.24. The third-order valence-electron chi connectivity index (χ3n) is 2.82. The molecular formula is C12H25N3O5S. The van der Waals surface area contributed by atoms with Crippen LogP contribution >= 0.6 is 0 Å². The topological polar surface area (TPSA) is 110 Å². The second kappa shape index (κ2) is 8.96. The Balaban J connectivity index is 4.72. The summed E-state index contributed by atoms with van der Waals surface area (Å²) in [5.74, 6) is -0.861. The van der Waals surface area contributed by atoms with Gasteiger partial charge in [0.2, 0.25) is 11.8 Å². The molecule has 8 nitrogen and oxygen atoms in total. The van der Waals surface area contributed by atoms with E-state index < -0.39 is 21.8 Å². The van der Waals surface area contributed by atoms with Crippen LogP contribution in [0.5, 0.6) is 0 Å². The molecule has 9 heteroatoms. The van der Waals surface area contributed by atoms with E-state index in [4.69, 9.17) is 10.5 Å². The molecule has 1 atom stereocenters. The van der Waals surface area contributed by atoms with Gasteiger partial charge in [-0.15, -0.1) is 0 Å². The minimum Gasteiger partial charge on any atom is -0.383 e. The van der Waals surface area contributed by atoms with Gasteiger partial charge in [0, 0.05) is 34.0 Å². The first-order chi connectivity index (χ1) is 9.58. The van der Waals surface area contributed by atoms with Crippen LogP contribution in [-0.2, 0) is 24.2 Å². The number of carbonyl (C=O) groups excluding carboxylic acids is 2. The van der Waals surface area contributed by atoms with Gasteiger partial charge < -0.3 is 20.3 Å². The molecular weight excluding hydrogens is 298 g/mol. The summed E-state index contributed by atoms with van der Waals surface area (Å²) in [5, 5.41) is 0. The maximum atomic E-state index is 12.2. The fraction of sp³-hybridized carbons (Fsp3) is 0.833. The summed E-state index contributed by atoms with van der Waals surface area (Å²) in [4.78, 5) is 26.6. The first kappa shape index (κ1) is 19.8. The average Bonchev–Trinajstić information content (AvgIpc) is 2.38. The van der Waals surface area contributed by atoms with E-state index in [9.17, 15) is 18.0 Å². The predicted octanol–water partition coefficient (Wildman–Crippen LogP) is -1.69. The van der Waals surface area contributed by atoms with E-state index in [1.807, 2.05) is 0 Å². The molecule has 0 aromatic rings. The SMILES string of the molecule is COCCN(CC(=O)N(C)C)C(=O)C(N)CCS(C)(=O)=O. The summed E-state index contributed by atoms with van der Waals surface area (Å²) in [5.41, 5.74) is 5.73. The van der Waals surface area contributed by atoms with Gasteiger partial charge in [0.05, 0.1) is 24.9 Å². The number of ether oxygens (including phenoxy) is 1. The summed E-state index contributed by atoms with van der Waals surface area (Å²) in [6, 6.07) is -0.952. The van der Waals surface area contributed by atoms with Crippen LogP contribution in [0.15, 0.2) is 0 Å². The number of hydrogen-bond acceptors (Lipinski definition) is 6. The second-order valence-electron chi connectivity index (χ2n) is 5.07. The van der Waals surface area contributed by atoms with E-state index in [1.165, 1.54) is 16.9 Å². The number of sulfone groups is 1. The Kier molecular flexibility index (Phi) is 8.45. The zero-order chi connectivity index (χ0) is 16.6. The maximum Gasteiger partial charge on any atom is 0.241 e. The summed E-state index contributed by atoms with van der Waals surface area (Å²) in [6.45, 7) is 0.383. The van der Waals surface area contributed by atoms with E-state index >= 15 is 0 Å². The number of nitrogens with zero attached hydrogens (tertiary/aromatic N) is 2. The lowest BCUT2D eigenvalue weighted by atomic mass is 10.2. The summed E-state index contributed by atoms with van der Waals surface area (Å²) < 4.78 is 27.1. The third kappa shape index (κ3) is 8.64. The fourth-order valence-electron chi connectivity index (χ4n) is 1.47. The van der Waals surface area contributed by atoms with E-state index in [0.29, 0.717) is 0 Å². The Morgan fingerprint density at radius 3 is 2.29 bits per heavy atom. The van der Waals surface area contributed by atoms with Gasteiger partial charge in [0.15, 0.2) is 0 Å². The largest absolute Gasteiger partial charge is 0.383 e. The number of nitrogens with two attached hydrogens (primary N) is 1. The van der Waals surface area contributed by atoms with Crippen molar-refractivity contribution in [3.8, 4) is 0 Å². The van der Waals surface area contributed by atoms with Gasteiger partial charge in [-0.2, -0.15) is 0 Å². The fourth-order valence-corrected chi connectivity index (χ4v) is 2.15. The van der Waals surface area contributed by atoms with E-state index in [1.54, 1.807) is 14.1 Å². The molecule has 2 N–H and O–H groups in total. The predicted molar refractivity (Wildman–Crippen MR) is 79.5 cm³/mol. The highest BCUT2D eigenvalue weighted by molar-refractivity contribution is 7.90. The average molecular weight is 323 g/mol. The van der Waals surface area contributed by atoms with Gasteiger partial charge >= 0.3 is 0 Å². The van der Waals surface area contributed by atoms with E-state index in [0.717, 1.165) is 6.26 Å². The lowest BCUT2D eigenvalue weighted by Crippen LogP contribution is -2.49. The minimum absolute atomic E-state index is 0.0251. The van der Waals surface area contributed by atoms with Crippen molar-refractivity contribution in [3.63, 3.8) is 0 Å². The highest BCUT2D eigenvalue weighted by Crippen LogP contribution is 2.01. The van der Waals surface area contributed by atoms with Gasteiger partial charge in [-0.3, -0.25) is 9.59 Å². The van der Waals surface area contributed by atoms with Crippen LogP contribution in [-0.4, -0.2) is 89.0 Å². The molecule has 0 saturated heterocycles. The molecule has 0 fully saturated rings. The maximum absolute atomic E-state index is 12.2. The molecule has 0 saturated carbocycles. The Bertz CT molecular complexity index is 450. The zero-order valence-corrected chi connectivity index (χ0v) is 13.9. The summed E-state index contributed by atoms with van der Waals surface area (Å²) in [7, 11) is 1.48.